The van der Waals surface area contributed by atoms with Gasteiger partial charge in [-0.05, 0) is 48.6 Å². The zero-order chi connectivity index (χ0) is 15.5. The van der Waals surface area contributed by atoms with Crippen LogP contribution in [0.2, 0.25) is 0 Å². The van der Waals surface area contributed by atoms with Crippen LogP contribution in [0.3, 0.4) is 0 Å². The summed E-state index contributed by atoms with van der Waals surface area (Å²) in [6.07, 6.45) is 5.68. The molecule has 0 saturated heterocycles. The average Bonchev–Trinajstić information content (AvgIpc) is 3.24. The van der Waals surface area contributed by atoms with Gasteiger partial charge in [0.15, 0.2) is 0 Å². The average molecular weight is 304 g/mol. The number of hydrogen-bond acceptors (Lipinski definition) is 2. The van der Waals surface area contributed by atoms with Crippen LogP contribution < -0.4 is 4.74 Å². The number of hydrogen-bond donors (Lipinski definition) is 0. The highest BCUT2D eigenvalue weighted by molar-refractivity contribution is 5.57. The van der Waals surface area contributed by atoms with Crippen LogP contribution in [-0.2, 0) is 19.4 Å². The van der Waals surface area contributed by atoms with Crippen molar-refractivity contribution in [3.05, 3.63) is 71.9 Å². The van der Waals surface area contributed by atoms with Gasteiger partial charge in [-0.1, -0.05) is 36.4 Å². The van der Waals surface area contributed by atoms with Gasteiger partial charge in [0.25, 0.3) is 0 Å². The second-order valence-electron chi connectivity index (χ2n) is 5.96. The Hall–Kier alpha value is -2.55. The van der Waals surface area contributed by atoms with E-state index in [9.17, 15) is 0 Å². The molecule has 0 saturated carbocycles. The minimum absolute atomic E-state index is 0.634. The van der Waals surface area contributed by atoms with E-state index in [2.05, 4.69) is 35.4 Å². The monoisotopic (exact) mass is 304 g/mol. The Labute approximate surface area is 136 Å². The molecule has 1 aliphatic carbocycles. The van der Waals surface area contributed by atoms with Gasteiger partial charge in [-0.15, -0.1) is 0 Å². The van der Waals surface area contributed by atoms with Crippen molar-refractivity contribution in [2.75, 3.05) is 6.61 Å². The van der Waals surface area contributed by atoms with Crippen LogP contribution in [0, 0.1) is 0 Å². The number of benzene rings is 2. The van der Waals surface area contributed by atoms with Gasteiger partial charge >= 0.3 is 0 Å². The molecule has 0 unspecified atom stereocenters. The van der Waals surface area contributed by atoms with Gasteiger partial charge in [0.2, 0.25) is 0 Å². The maximum absolute atomic E-state index is 5.89. The van der Waals surface area contributed by atoms with Crippen LogP contribution in [0.5, 0.6) is 5.75 Å². The molecule has 23 heavy (non-hydrogen) atoms. The summed E-state index contributed by atoms with van der Waals surface area (Å²) in [5, 5.41) is 4.61. The van der Waals surface area contributed by atoms with E-state index in [4.69, 9.17) is 4.74 Å². The Morgan fingerprint density at radius 1 is 0.957 bits per heavy atom. The van der Waals surface area contributed by atoms with Crippen molar-refractivity contribution in [2.24, 2.45) is 0 Å². The summed E-state index contributed by atoms with van der Waals surface area (Å²) in [4.78, 5) is 0. The van der Waals surface area contributed by atoms with E-state index in [0.717, 1.165) is 23.6 Å². The molecular weight excluding hydrogens is 284 g/mol. The van der Waals surface area contributed by atoms with Crippen LogP contribution in [0.1, 0.15) is 17.5 Å². The van der Waals surface area contributed by atoms with E-state index in [-0.39, 0.29) is 0 Å². The minimum Gasteiger partial charge on any atom is -0.492 e. The first-order chi connectivity index (χ1) is 11.4. The van der Waals surface area contributed by atoms with Crippen LogP contribution in [-0.4, -0.2) is 16.4 Å². The summed E-state index contributed by atoms with van der Waals surface area (Å²) >= 11 is 0. The third kappa shape index (κ3) is 3.14. The Morgan fingerprint density at radius 2 is 1.83 bits per heavy atom. The first-order valence-corrected chi connectivity index (χ1v) is 8.22. The molecule has 0 N–H and O–H groups in total. The second-order valence-corrected chi connectivity index (χ2v) is 5.96. The summed E-state index contributed by atoms with van der Waals surface area (Å²) < 4.78 is 7.83. The Bertz CT molecular complexity index is 792. The highest BCUT2D eigenvalue weighted by Gasteiger charge is 2.11. The predicted octanol–water partition coefficient (Wildman–Crippen LogP) is 4.12. The van der Waals surface area contributed by atoms with Crippen LogP contribution in [0.15, 0.2) is 60.8 Å². The highest BCUT2D eigenvalue weighted by atomic mass is 16.5. The molecule has 3 nitrogen and oxygen atoms in total. The molecule has 0 radical (unpaired) electrons. The van der Waals surface area contributed by atoms with E-state index < -0.39 is 0 Å². The van der Waals surface area contributed by atoms with Crippen molar-refractivity contribution < 1.29 is 4.74 Å². The highest BCUT2D eigenvalue weighted by Crippen LogP contribution is 2.26. The zero-order valence-corrected chi connectivity index (χ0v) is 13.1. The Kier molecular flexibility index (Phi) is 3.85. The van der Waals surface area contributed by atoms with Gasteiger partial charge in [0, 0.05) is 11.8 Å². The van der Waals surface area contributed by atoms with Gasteiger partial charge in [-0.3, -0.25) is 4.68 Å². The molecule has 0 fully saturated rings. The number of aromatic nitrogens is 2. The topological polar surface area (TPSA) is 27.1 Å². The van der Waals surface area contributed by atoms with Crippen molar-refractivity contribution in [1.82, 2.24) is 9.78 Å². The van der Waals surface area contributed by atoms with Gasteiger partial charge in [0.1, 0.15) is 12.4 Å². The molecule has 116 valence electrons. The Balaban J connectivity index is 1.36. The largest absolute Gasteiger partial charge is 0.492 e. The first kappa shape index (κ1) is 14.1. The molecular formula is C20H20N2O. The summed E-state index contributed by atoms with van der Waals surface area (Å²) in [6, 6.07) is 18.8. The molecule has 1 aliphatic rings. The molecule has 1 aromatic heterocycles. The van der Waals surface area contributed by atoms with Crippen molar-refractivity contribution in [3.63, 3.8) is 0 Å². The number of rotatable bonds is 5. The van der Waals surface area contributed by atoms with Gasteiger partial charge < -0.3 is 4.74 Å². The molecule has 2 aromatic carbocycles. The van der Waals surface area contributed by atoms with Crippen molar-refractivity contribution in [3.8, 4) is 17.0 Å². The lowest BCUT2D eigenvalue weighted by Gasteiger charge is -2.08. The standard InChI is InChI=1S/C20H20N2O/c1-2-5-17(6-3-1)20-11-12-22(21-20)13-14-23-19-10-9-16-7-4-8-18(16)15-19/h1-3,5-6,9-12,15H,4,7-8,13-14H2. The molecule has 0 bridgehead atoms. The third-order valence-corrected chi connectivity index (χ3v) is 4.37. The van der Waals surface area contributed by atoms with E-state index in [0.29, 0.717) is 6.61 Å². The summed E-state index contributed by atoms with van der Waals surface area (Å²) in [7, 11) is 0. The molecule has 3 heteroatoms. The number of fused-ring (bicyclic) bond motifs is 1. The lowest BCUT2D eigenvalue weighted by molar-refractivity contribution is 0.291. The van der Waals surface area contributed by atoms with Crippen LogP contribution in [0.4, 0.5) is 0 Å². The van der Waals surface area contributed by atoms with Crippen LogP contribution >= 0.6 is 0 Å². The Morgan fingerprint density at radius 3 is 2.74 bits per heavy atom. The molecule has 0 spiro atoms. The fourth-order valence-electron chi connectivity index (χ4n) is 3.14. The summed E-state index contributed by atoms with van der Waals surface area (Å²) in [5.74, 6) is 0.973. The first-order valence-electron chi connectivity index (χ1n) is 8.22. The fraction of sp³-hybridized carbons (Fsp3) is 0.250. The maximum Gasteiger partial charge on any atom is 0.119 e. The third-order valence-electron chi connectivity index (χ3n) is 4.37. The number of nitrogens with zero attached hydrogens (tertiary/aromatic N) is 2. The molecule has 3 aromatic rings. The van der Waals surface area contributed by atoms with Gasteiger partial charge in [0.05, 0.1) is 12.2 Å². The van der Waals surface area contributed by atoms with E-state index >= 15 is 0 Å². The maximum atomic E-state index is 5.89. The van der Waals surface area contributed by atoms with E-state index in [1.807, 2.05) is 35.1 Å². The van der Waals surface area contributed by atoms with Crippen molar-refractivity contribution >= 4 is 0 Å². The molecule has 1 heterocycles. The fourth-order valence-corrected chi connectivity index (χ4v) is 3.14. The SMILES string of the molecule is c1ccc(-c2ccn(CCOc3ccc4c(c3)CCC4)n2)cc1. The van der Waals surface area contributed by atoms with Crippen molar-refractivity contribution in [1.29, 1.82) is 0 Å². The summed E-state index contributed by atoms with van der Waals surface area (Å²) in [6.45, 7) is 1.39. The summed E-state index contributed by atoms with van der Waals surface area (Å²) in [5.41, 5.74) is 5.08. The zero-order valence-electron chi connectivity index (χ0n) is 13.1. The number of aryl methyl sites for hydroxylation is 2. The predicted molar refractivity (Wildman–Crippen MR) is 91.6 cm³/mol. The molecule has 0 amide bonds. The van der Waals surface area contributed by atoms with E-state index in [1.54, 1.807) is 0 Å². The number of ether oxygens (including phenoxy) is 1. The molecule has 0 atom stereocenters. The van der Waals surface area contributed by atoms with Crippen LogP contribution in [0.25, 0.3) is 11.3 Å². The van der Waals surface area contributed by atoms with Gasteiger partial charge in [-0.25, -0.2) is 0 Å². The molecule has 4 rings (SSSR count). The van der Waals surface area contributed by atoms with Crippen molar-refractivity contribution in [2.45, 2.75) is 25.8 Å². The quantitative estimate of drug-likeness (QED) is 0.709. The lowest BCUT2D eigenvalue weighted by Crippen LogP contribution is -2.08. The van der Waals surface area contributed by atoms with Gasteiger partial charge in [-0.2, -0.15) is 5.10 Å². The van der Waals surface area contributed by atoms with E-state index in [1.165, 1.54) is 30.4 Å². The molecule has 0 aliphatic heterocycles. The smallest absolute Gasteiger partial charge is 0.119 e. The lowest BCUT2D eigenvalue weighted by atomic mass is 10.1. The normalized spacial score (nSPS) is 13.0. The second kappa shape index (κ2) is 6.29. The minimum atomic E-state index is 0.634.